The Morgan fingerprint density at radius 1 is 1.36 bits per heavy atom. The van der Waals surface area contributed by atoms with Gasteiger partial charge in [-0.05, 0) is 10.3 Å². The fourth-order valence-corrected chi connectivity index (χ4v) is 0.666. The van der Waals surface area contributed by atoms with Crippen molar-refractivity contribution >= 4 is 17.6 Å². The van der Waals surface area contributed by atoms with Crippen LogP contribution in [0.25, 0.3) is 11.3 Å². The third kappa shape index (κ3) is 0.841. The van der Waals surface area contributed by atoms with Crippen molar-refractivity contribution < 1.29 is 9.42 Å². The molecule has 2 aromatic rings. The van der Waals surface area contributed by atoms with Crippen LogP contribution in [0.2, 0.25) is 0 Å². The Bertz CT molecular complexity index is 396. The molecule has 0 saturated heterocycles. The van der Waals surface area contributed by atoms with E-state index in [1.54, 1.807) is 0 Å². The molecule has 2 aromatic heterocycles. The summed E-state index contributed by atoms with van der Waals surface area (Å²) in [6.45, 7) is 0. The molecule has 54 valence electrons. The minimum Gasteiger partial charge on any atom is -0.296 e. The fraction of sp³-hybridized carbons (Fsp3) is 0. The molecule has 0 atom stereocenters. The molecular formula is C5H2N4O2. The van der Waals surface area contributed by atoms with Crippen molar-refractivity contribution in [2.24, 2.45) is 0 Å². The zero-order chi connectivity index (χ0) is 7.68. The van der Waals surface area contributed by atoms with Crippen molar-refractivity contribution in [3.63, 3.8) is 0 Å². The van der Waals surface area contributed by atoms with E-state index in [2.05, 4.69) is 24.9 Å². The normalized spacial score (nSPS) is 10.2. The number of hydrogen-bond acceptors (Lipinski definition) is 6. The van der Waals surface area contributed by atoms with Crippen molar-refractivity contribution in [2.75, 3.05) is 0 Å². The van der Waals surface area contributed by atoms with Crippen LogP contribution in [0.3, 0.4) is 0 Å². The Kier molecular flexibility index (Phi) is 1.12. The molecule has 0 aliphatic rings. The molecule has 0 saturated carbocycles. The van der Waals surface area contributed by atoms with Crippen molar-refractivity contribution in [1.82, 2.24) is 20.3 Å². The van der Waals surface area contributed by atoms with Gasteiger partial charge in [0.05, 0.1) is 6.20 Å². The second-order valence-corrected chi connectivity index (χ2v) is 1.82. The summed E-state index contributed by atoms with van der Waals surface area (Å²) in [5.74, 6) is 0. The summed E-state index contributed by atoms with van der Waals surface area (Å²) in [5.41, 5.74) is 0.762. The minimum absolute atomic E-state index is 0.216. The zero-order valence-electron chi connectivity index (χ0n) is 5.26. The molecule has 11 heavy (non-hydrogen) atoms. The molecule has 0 aromatic carbocycles. The molecule has 0 aliphatic heterocycles. The molecule has 0 spiro atoms. The predicted octanol–water partition coefficient (Wildman–Crippen LogP) is -0.175. The van der Waals surface area contributed by atoms with Crippen LogP contribution in [0.1, 0.15) is 10.5 Å². The van der Waals surface area contributed by atoms with Gasteiger partial charge in [0, 0.05) is 0 Å². The van der Waals surface area contributed by atoms with E-state index < -0.39 is 0 Å². The first kappa shape index (κ1) is 5.90. The highest BCUT2D eigenvalue weighted by Crippen LogP contribution is 2.00. The number of aromatic nitrogens is 4. The molecule has 0 N–H and O–H groups in total. The standard InChI is InChI=1S/C5H2N4O2/c10-2-3-1-6-4-5(7-3)9-11-8-4/h1-2H. The third-order valence-corrected chi connectivity index (χ3v) is 1.13. The number of carbonyl (C=O) groups is 1. The molecule has 6 nitrogen and oxygen atoms in total. The summed E-state index contributed by atoms with van der Waals surface area (Å²) in [4.78, 5) is 17.7. The molecule has 0 amide bonds. The van der Waals surface area contributed by atoms with Crippen molar-refractivity contribution in [3.05, 3.63) is 11.9 Å². The van der Waals surface area contributed by atoms with E-state index >= 15 is 0 Å². The second kappa shape index (κ2) is 2.08. The van der Waals surface area contributed by atoms with Gasteiger partial charge in [0.2, 0.25) is 11.3 Å². The average Bonchev–Trinajstić information content (AvgIpc) is 2.50. The maximum absolute atomic E-state index is 10.2. The Morgan fingerprint density at radius 2 is 2.18 bits per heavy atom. The SMILES string of the molecule is O=Cc1cnc2nonc2n1. The monoisotopic (exact) mass is 150 g/mol. The van der Waals surface area contributed by atoms with Crippen LogP contribution in [0, 0.1) is 0 Å². The quantitative estimate of drug-likeness (QED) is 0.524. The van der Waals surface area contributed by atoms with Gasteiger partial charge in [0.15, 0.2) is 6.29 Å². The van der Waals surface area contributed by atoms with Crippen molar-refractivity contribution in [3.8, 4) is 0 Å². The maximum atomic E-state index is 10.2. The lowest BCUT2D eigenvalue weighted by Gasteiger charge is -1.83. The van der Waals surface area contributed by atoms with Crippen LogP contribution in [0.5, 0.6) is 0 Å². The van der Waals surface area contributed by atoms with Gasteiger partial charge in [-0.2, -0.15) is 0 Å². The summed E-state index contributed by atoms with van der Waals surface area (Å²) in [5, 5.41) is 6.83. The number of nitrogens with zero attached hydrogens (tertiary/aromatic N) is 4. The first-order valence-electron chi connectivity index (χ1n) is 2.80. The number of fused-ring (bicyclic) bond motifs is 1. The van der Waals surface area contributed by atoms with E-state index in [0.717, 1.165) is 0 Å². The largest absolute Gasteiger partial charge is 0.296 e. The highest BCUT2D eigenvalue weighted by Gasteiger charge is 2.02. The van der Waals surface area contributed by atoms with Gasteiger partial charge in [0.1, 0.15) is 5.69 Å². The second-order valence-electron chi connectivity index (χ2n) is 1.82. The van der Waals surface area contributed by atoms with E-state index in [-0.39, 0.29) is 11.3 Å². The third-order valence-electron chi connectivity index (χ3n) is 1.13. The highest BCUT2D eigenvalue weighted by atomic mass is 16.6. The van der Waals surface area contributed by atoms with E-state index in [1.165, 1.54) is 6.20 Å². The molecular weight excluding hydrogens is 148 g/mol. The van der Waals surface area contributed by atoms with Crippen LogP contribution in [0.15, 0.2) is 10.8 Å². The van der Waals surface area contributed by atoms with Gasteiger partial charge in [-0.15, -0.1) is 0 Å². The molecule has 0 unspecified atom stereocenters. The molecule has 0 aliphatic carbocycles. The van der Waals surface area contributed by atoms with Crippen molar-refractivity contribution in [2.45, 2.75) is 0 Å². The molecule has 2 rings (SSSR count). The molecule has 2 heterocycles. The van der Waals surface area contributed by atoms with E-state index in [4.69, 9.17) is 0 Å². The van der Waals surface area contributed by atoms with Crippen LogP contribution in [-0.2, 0) is 0 Å². The summed E-state index contributed by atoms with van der Waals surface area (Å²) in [6.07, 6.45) is 1.89. The molecule has 6 heteroatoms. The molecule has 0 bridgehead atoms. The minimum atomic E-state index is 0.216. The number of rotatable bonds is 1. The van der Waals surface area contributed by atoms with Gasteiger partial charge in [-0.25, -0.2) is 14.6 Å². The lowest BCUT2D eigenvalue weighted by molar-refractivity contribution is 0.111. The Balaban J connectivity index is 2.76. The van der Waals surface area contributed by atoms with E-state index in [9.17, 15) is 4.79 Å². The zero-order valence-corrected chi connectivity index (χ0v) is 5.26. The van der Waals surface area contributed by atoms with Crippen LogP contribution in [-0.4, -0.2) is 26.6 Å². The number of aldehydes is 1. The van der Waals surface area contributed by atoms with Crippen LogP contribution in [0.4, 0.5) is 0 Å². The van der Waals surface area contributed by atoms with Crippen LogP contribution >= 0.6 is 0 Å². The van der Waals surface area contributed by atoms with E-state index in [1.807, 2.05) is 0 Å². The Hall–Kier alpha value is -1.85. The summed E-state index contributed by atoms with van der Waals surface area (Å²) >= 11 is 0. The topological polar surface area (TPSA) is 81.8 Å². The predicted molar refractivity (Wildman–Crippen MR) is 32.8 cm³/mol. The lowest BCUT2D eigenvalue weighted by atomic mass is 10.5. The first-order chi connectivity index (χ1) is 5.40. The van der Waals surface area contributed by atoms with Crippen molar-refractivity contribution in [1.29, 1.82) is 0 Å². The fourth-order valence-electron chi connectivity index (χ4n) is 0.666. The Morgan fingerprint density at radius 3 is 3.00 bits per heavy atom. The smallest absolute Gasteiger partial charge is 0.244 e. The maximum Gasteiger partial charge on any atom is 0.244 e. The summed E-state index contributed by atoms with van der Waals surface area (Å²) in [7, 11) is 0. The van der Waals surface area contributed by atoms with Crippen LogP contribution < -0.4 is 0 Å². The van der Waals surface area contributed by atoms with Gasteiger partial charge in [0.25, 0.3) is 0 Å². The van der Waals surface area contributed by atoms with Gasteiger partial charge < -0.3 is 0 Å². The van der Waals surface area contributed by atoms with E-state index in [0.29, 0.717) is 11.9 Å². The summed E-state index contributed by atoms with van der Waals surface area (Å²) in [6, 6.07) is 0. The first-order valence-corrected chi connectivity index (χ1v) is 2.80. The molecule has 0 fully saturated rings. The van der Waals surface area contributed by atoms with Gasteiger partial charge in [-0.3, -0.25) is 4.79 Å². The van der Waals surface area contributed by atoms with Gasteiger partial charge in [-0.1, -0.05) is 0 Å². The number of carbonyl (C=O) groups excluding carboxylic acids is 1. The summed E-state index contributed by atoms with van der Waals surface area (Å²) < 4.78 is 4.32. The van der Waals surface area contributed by atoms with Gasteiger partial charge >= 0.3 is 0 Å². The number of hydrogen-bond donors (Lipinski definition) is 0. The average molecular weight is 150 g/mol. The highest BCUT2D eigenvalue weighted by molar-refractivity contribution is 5.75. The molecule has 0 radical (unpaired) electrons. The Labute approximate surface area is 60.2 Å². The lowest BCUT2D eigenvalue weighted by Crippen LogP contribution is -1.89.